The monoisotopic (exact) mass is 169 g/mol. The van der Waals surface area contributed by atoms with E-state index in [1.165, 1.54) is 32.1 Å². The first-order valence-corrected chi connectivity index (χ1v) is 5.19. The Bertz CT molecular complexity index is 140. The third-order valence-corrected chi connectivity index (χ3v) is 3.38. The molecule has 1 aliphatic carbocycles. The second kappa shape index (κ2) is 3.75. The van der Waals surface area contributed by atoms with Crippen molar-refractivity contribution >= 4 is 0 Å². The number of hydrogen-bond donors (Lipinski definition) is 1. The standard InChI is InChI=1S/C10H19NO/c11-10-4-3-8(6-10)9-2-1-5-12-7-9/h8-10H,1-7,11H2. The zero-order valence-corrected chi connectivity index (χ0v) is 7.67. The summed E-state index contributed by atoms with van der Waals surface area (Å²) in [4.78, 5) is 0. The van der Waals surface area contributed by atoms with Crippen LogP contribution >= 0.6 is 0 Å². The Morgan fingerprint density at radius 3 is 2.58 bits per heavy atom. The first-order valence-electron chi connectivity index (χ1n) is 5.19. The Morgan fingerprint density at radius 2 is 2.00 bits per heavy atom. The molecule has 3 unspecified atom stereocenters. The van der Waals surface area contributed by atoms with Gasteiger partial charge in [0.15, 0.2) is 0 Å². The fraction of sp³-hybridized carbons (Fsp3) is 1.00. The molecule has 70 valence electrons. The molecule has 1 aliphatic heterocycles. The summed E-state index contributed by atoms with van der Waals surface area (Å²) in [6.45, 7) is 1.98. The molecule has 12 heavy (non-hydrogen) atoms. The van der Waals surface area contributed by atoms with E-state index in [1.807, 2.05) is 0 Å². The molecule has 2 fully saturated rings. The van der Waals surface area contributed by atoms with E-state index in [-0.39, 0.29) is 0 Å². The molecule has 3 atom stereocenters. The van der Waals surface area contributed by atoms with Crippen LogP contribution in [0.25, 0.3) is 0 Å². The Hall–Kier alpha value is -0.0800. The summed E-state index contributed by atoms with van der Waals surface area (Å²) in [6, 6.07) is 0.483. The van der Waals surface area contributed by atoms with E-state index in [2.05, 4.69) is 0 Å². The Labute approximate surface area is 74.5 Å². The Morgan fingerprint density at radius 1 is 1.08 bits per heavy atom. The molecule has 2 heteroatoms. The maximum atomic E-state index is 5.89. The molecule has 0 amide bonds. The van der Waals surface area contributed by atoms with Crippen molar-refractivity contribution in [3.63, 3.8) is 0 Å². The van der Waals surface area contributed by atoms with Crippen LogP contribution in [0.1, 0.15) is 32.1 Å². The highest BCUT2D eigenvalue weighted by Crippen LogP contribution is 2.34. The molecule has 0 radical (unpaired) electrons. The Kier molecular flexibility index (Phi) is 2.66. The largest absolute Gasteiger partial charge is 0.381 e. The van der Waals surface area contributed by atoms with Crippen molar-refractivity contribution in [1.82, 2.24) is 0 Å². The van der Waals surface area contributed by atoms with Gasteiger partial charge in [-0.25, -0.2) is 0 Å². The predicted octanol–water partition coefficient (Wildman–Crippen LogP) is 1.54. The minimum absolute atomic E-state index is 0.483. The lowest BCUT2D eigenvalue weighted by Crippen LogP contribution is -2.25. The van der Waals surface area contributed by atoms with Gasteiger partial charge in [0.1, 0.15) is 0 Å². The lowest BCUT2D eigenvalue weighted by molar-refractivity contribution is 0.0315. The lowest BCUT2D eigenvalue weighted by atomic mass is 9.86. The molecule has 1 saturated heterocycles. The fourth-order valence-electron chi connectivity index (χ4n) is 2.62. The maximum Gasteiger partial charge on any atom is 0.0496 e. The average molecular weight is 169 g/mol. The van der Waals surface area contributed by atoms with Gasteiger partial charge in [-0.1, -0.05) is 0 Å². The highest BCUT2D eigenvalue weighted by atomic mass is 16.5. The summed E-state index contributed by atoms with van der Waals surface area (Å²) in [7, 11) is 0. The number of hydrogen-bond acceptors (Lipinski definition) is 2. The molecule has 2 nitrogen and oxygen atoms in total. The molecule has 2 rings (SSSR count). The minimum Gasteiger partial charge on any atom is -0.381 e. The van der Waals surface area contributed by atoms with Crippen molar-refractivity contribution in [2.24, 2.45) is 17.6 Å². The molecule has 0 bridgehead atoms. The van der Waals surface area contributed by atoms with Crippen LogP contribution in [0.2, 0.25) is 0 Å². The number of rotatable bonds is 1. The summed E-state index contributed by atoms with van der Waals surface area (Å²) in [6.07, 6.45) is 6.46. The van der Waals surface area contributed by atoms with Crippen LogP contribution in [-0.4, -0.2) is 19.3 Å². The van der Waals surface area contributed by atoms with Gasteiger partial charge in [-0.05, 0) is 43.9 Å². The fourth-order valence-corrected chi connectivity index (χ4v) is 2.62. The van der Waals surface area contributed by atoms with E-state index in [4.69, 9.17) is 10.5 Å². The van der Waals surface area contributed by atoms with Crippen molar-refractivity contribution in [3.8, 4) is 0 Å². The van der Waals surface area contributed by atoms with E-state index in [1.54, 1.807) is 0 Å². The summed E-state index contributed by atoms with van der Waals surface area (Å²) < 4.78 is 5.49. The van der Waals surface area contributed by atoms with Gasteiger partial charge in [-0.3, -0.25) is 0 Å². The number of ether oxygens (including phenoxy) is 1. The van der Waals surface area contributed by atoms with Gasteiger partial charge in [-0.15, -0.1) is 0 Å². The molecular weight excluding hydrogens is 150 g/mol. The van der Waals surface area contributed by atoms with Crippen LogP contribution in [0, 0.1) is 11.8 Å². The lowest BCUT2D eigenvalue weighted by Gasteiger charge is -2.27. The van der Waals surface area contributed by atoms with Crippen molar-refractivity contribution < 1.29 is 4.74 Å². The zero-order chi connectivity index (χ0) is 8.39. The summed E-state index contributed by atoms with van der Waals surface area (Å²) in [5.74, 6) is 1.70. The van der Waals surface area contributed by atoms with E-state index in [0.717, 1.165) is 25.0 Å². The van der Waals surface area contributed by atoms with Crippen LogP contribution in [0.3, 0.4) is 0 Å². The topological polar surface area (TPSA) is 35.2 Å². The summed E-state index contributed by atoms with van der Waals surface area (Å²) in [5, 5.41) is 0. The van der Waals surface area contributed by atoms with Crippen LogP contribution in [0.15, 0.2) is 0 Å². The van der Waals surface area contributed by atoms with E-state index in [9.17, 15) is 0 Å². The molecular formula is C10H19NO. The average Bonchev–Trinajstić information content (AvgIpc) is 2.54. The first-order chi connectivity index (χ1) is 5.86. The van der Waals surface area contributed by atoms with Gasteiger partial charge in [0, 0.05) is 19.3 Å². The van der Waals surface area contributed by atoms with Crippen molar-refractivity contribution in [3.05, 3.63) is 0 Å². The molecule has 0 aromatic carbocycles. The van der Waals surface area contributed by atoms with Gasteiger partial charge in [0.05, 0.1) is 0 Å². The smallest absolute Gasteiger partial charge is 0.0496 e. The molecule has 1 heterocycles. The van der Waals surface area contributed by atoms with Crippen molar-refractivity contribution in [2.45, 2.75) is 38.1 Å². The Balaban J connectivity index is 1.83. The third-order valence-electron chi connectivity index (χ3n) is 3.38. The summed E-state index contributed by atoms with van der Waals surface area (Å²) >= 11 is 0. The second-order valence-corrected chi connectivity index (χ2v) is 4.31. The van der Waals surface area contributed by atoms with Crippen LogP contribution in [0.5, 0.6) is 0 Å². The normalized spacial score (nSPS) is 43.2. The molecule has 0 spiro atoms. The predicted molar refractivity (Wildman–Crippen MR) is 48.9 cm³/mol. The zero-order valence-electron chi connectivity index (χ0n) is 7.67. The van der Waals surface area contributed by atoms with Gasteiger partial charge in [-0.2, -0.15) is 0 Å². The van der Waals surface area contributed by atoms with Crippen LogP contribution in [0.4, 0.5) is 0 Å². The van der Waals surface area contributed by atoms with E-state index < -0.39 is 0 Å². The van der Waals surface area contributed by atoms with Gasteiger partial charge in [0.25, 0.3) is 0 Å². The first kappa shape index (κ1) is 8.52. The van der Waals surface area contributed by atoms with Crippen molar-refractivity contribution in [1.29, 1.82) is 0 Å². The number of nitrogens with two attached hydrogens (primary N) is 1. The van der Waals surface area contributed by atoms with Crippen molar-refractivity contribution in [2.75, 3.05) is 13.2 Å². The van der Waals surface area contributed by atoms with E-state index in [0.29, 0.717) is 6.04 Å². The molecule has 0 aromatic rings. The molecule has 0 aromatic heterocycles. The van der Waals surface area contributed by atoms with E-state index >= 15 is 0 Å². The SMILES string of the molecule is NC1CCC(C2CCCOC2)C1. The highest BCUT2D eigenvalue weighted by molar-refractivity contribution is 4.83. The molecule has 2 N–H and O–H groups in total. The highest BCUT2D eigenvalue weighted by Gasteiger charge is 2.30. The van der Waals surface area contributed by atoms with Gasteiger partial charge < -0.3 is 10.5 Å². The molecule has 2 aliphatic rings. The van der Waals surface area contributed by atoms with Gasteiger partial charge >= 0.3 is 0 Å². The van der Waals surface area contributed by atoms with Gasteiger partial charge in [0.2, 0.25) is 0 Å². The quantitative estimate of drug-likeness (QED) is 0.646. The molecule has 1 saturated carbocycles. The minimum atomic E-state index is 0.483. The second-order valence-electron chi connectivity index (χ2n) is 4.31. The van der Waals surface area contributed by atoms with Crippen LogP contribution < -0.4 is 5.73 Å². The van der Waals surface area contributed by atoms with Crippen LogP contribution in [-0.2, 0) is 4.74 Å². The summed E-state index contributed by atoms with van der Waals surface area (Å²) in [5.41, 5.74) is 5.89. The third kappa shape index (κ3) is 1.80. The maximum absolute atomic E-state index is 5.89.